The Balaban J connectivity index is 1.77. The van der Waals surface area contributed by atoms with Crippen LogP contribution in [0, 0.1) is 6.92 Å². The number of nitrogens with one attached hydrogen (secondary N) is 2. The number of aromatic nitrogens is 1. The van der Waals surface area contributed by atoms with Crippen molar-refractivity contribution in [2.24, 2.45) is 4.99 Å². The Kier molecular flexibility index (Phi) is 8.50. The summed E-state index contributed by atoms with van der Waals surface area (Å²) in [5.41, 5.74) is 1.16. The zero-order valence-electron chi connectivity index (χ0n) is 17.5. The molecule has 0 unspecified atom stereocenters. The molecule has 2 rings (SSSR count). The lowest BCUT2D eigenvalue weighted by molar-refractivity contribution is 0.444. The van der Waals surface area contributed by atoms with Crippen LogP contribution in [0.2, 0.25) is 0 Å². The van der Waals surface area contributed by atoms with Crippen LogP contribution in [0.15, 0.2) is 23.3 Å². The van der Waals surface area contributed by atoms with Gasteiger partial charge in [-0.05, 0) is 31.4 Å². The van der Waals surface area contributed by atoms with Crippen molar-refractivity contribution in [2.45, 2.75) is 39.7 Å². The molecule has 1 aliphatic rings. The predicted molar refractivity (Wildman–Crippen MR) is 115 cm³/mol. The standard InChI is InChI=1S/C19H34N6O2S/c1-5-25(6-2)28(26,27)14-11-21-19(20-4)23-17-9-12-24(13-10-17)18-8-7-16(3)15-22-18/h7-8,15,17H,5-6,9-14H2,1-4H3,(H2,20,21,23). The zero-order chi connectivity index (χ0) is 20.6. The molecule has 1 aliphatic heterocycles. The second-order valence-electron chi connectivity index (χ2n) is 7.00. The van der Waals surface area contributed by atoms with Gasteiger partial charge >= 0.3 is 0 Å². The van der Waals surface area contributed by atoms with Crippen molar-refractivity contribution in [1.82, 2.24) is 19.9 Å². The molecule has 1 aromatic rings. The van der Waals surface area contributed by atoms with Crippen molar-refractivity contribution in [3.63, 3.8) is 0 Å². The predicted octanol–water partition coefficient (Wildman–Crippen LogP) is 1.20. The zero-order valence-corrected chi connectivity index (χ0v) is 18.3. The fourth-order valence-electron chi connectivity index (χ4n) is 3.33. The molecular weight excluding hydrogens is 376 g/mol. The lowest BCUT2D eigenvalue weighted by Crippen LogP contribution is -2.49. The van der Waals surface area contributed by atoms with Crippen LogP contribution in [0.25, 0.3) is 0 Å². The number of anilines is 1. The number of aliphatic imine (C=N–C) groups is 1. The highest BCUT2D eigenvalue weighted by atomic mass is 32.2. The summed E-state index contributed by atoms with van der Waals surface area (Å²) in [6.45, 7) is 8.95. The maximum atomic E-state index is 12.3. The van der Waals surface area contributed by atoms with Gasteiger partial charge in [0, 0.05) is 52.0 Å². The molecule has 0 amide bonds. The summed E-state index contributed by atoms with van der Waals surface area (Å²) in [6, 6.07) is 4.47. The van der Waals surface area contributed by atoms with Gasteiger partial charge in [0.1, 0.15) is 5.82 Å². The van der Waals surface area contributed by atoms with Crippen LogP contribution >= 0.6 is 0 Å². The number of hydrogen-bond acceptors (Lipinski definition) is 5. The molecule has 0 aromatic carbocycles. The molecule has 8 nitrogen and oxygen atoms in total. The lowest BCUT2D eigenvalue weighted by atomic mass is 10.1. The monoisotopic (exact) mass is 410 g/mol. The third kappa shape index (κ3) is 6.34. The van der Waals surface area contributed by atoms with E-state index in [0.29, 0.717) is 31.6 Å². The molecule has 0 bridgehead atoms. The Morgan fingerprint density at radius 2 is 1.96 bits per heavy atom. The van der Waals surface area contributed by atoms with Crippen LogP contribution in [-0.2, 0) is 10.0 Å². The first-order valence-corrected chi connectivity index (χ1v) is 11.6. The Bertz CT molecular complexity index is 723. The third-order valence-corrected chi connectivity index (χ3v) is 7.05. The molecule has 158 valence electrons. The molecule has 1 aromatic heterocycles. The number of guanidine groups is 1. The molecule has 1 saturated heterocycles. The largest absolute Gasteiger partial charge is 0.356 e. The maximum absolute atomic E-state index is 12.3. The molecule has 9 heteroatoms. The molecule has 0 saturated carbocycles. The number of sulfonamides is 1. The van der Waals surface area contributed by atoms with E-state index in [9.17, 15) is 8.42 Å². The topological polar surface area (TPSA) is 89.9 Å². The minimum atomic E-state index is -3.23. The van der Waals surface area contributed by atoms with Gasteiger partial charge in [0.25, 0.3) is 0 Å². The van der Waals surface area contributed by atoms with Crippen molar-refractivity contribution >= 4 is 21.8 Å². The smallest absolute Gasteiger partial charge is 0.215 e. The average molecular weight is 411 g/mol. The van der Waals surface area contributed by atoms with E-state index in [-0.39, 0.29) is 5.75 Å². The quantitative estimate of drug-likeness (QED) is 0.494. The maximum Gasteiger partial charge on any atom is 0.215 e. The molecule has 2 heterocycles. The highest BCUT2D eigenvalue weighted by Gasteiger charge is 2.22. The average Bonchev–Trinajstić information content (AvgIpc) is 2.69. The van der Waals surface area contributed by atoms with Crippen LogP contribution in [0.3, 0.4) is 0 Å². The van der Waals surface area contributed by atoms with E-state index in [2.05, 4.69) is 37.6 Å². The summed E-state index contributed by atoms with van der Waals surface area (Å²) in [4.78, 5) is 11.0. The van der Waals surface area contributed by atoms with E-state index in [0.717, 1.165) is 37.3 Å². The van der Waals surface area contributed by atoms with Gasteiger partial charge < -0.3 is 15.5 Å². The van der Waals surface area contributed by atoms with Gasteiger partial charge in [-0.25, -0.2) is 17.7 Å². The summed E-state index contributed by atoms with van der Waals surface area (Å²) in [7, 11) is -1.52. The Morgan fingerprint density at radius 1 is 1.29 bits per heavy atom. The number of pyridine rings is 1. The van der Waals surface area contributed by atoms with Crippen molar-refractivity contribution in [3.8, 4) is 0 Å². The van der Waals surface area contributed by atoms with Gasteiger partial charge in [-0.3, -0.25) is 4.99 Å². The van der Waals surface area contributed by atoms with E-state index in [1.807, 2.05) is 27.0 Å². The summed E-state index contributed by atoms with van der Waals surface area (Å²) in [5, 5.41) is 6.55. The van der Waals surface area contributed by atoms with E-state index >= 15 is 0 Å². The minimum Gasteiger partial charge on any atom is -0.356 e. The van der Waals surface area contributed by atoms with Crippen LogP contribution < -0.4 is 15.5 Å². The Morgan fingerprint density at radius 3 is 2.50 bits per heavy atom. The molecule has 0 spiro atoms. The van der Waals surface area contributed by atoms with E-state index < -0.39 is 10.0 Å². The molecule has 0 aliphatic carbocycles. The van der Waals surface area contributed by atoms with Crippen molar-refractivity contribution in [3.05, 3.63) is 23.9 Å². The highest BCUT2D eigenvalue weighted by molar-refractivity contribution is 7.89. The Labute approximate surface area is 169 Å². The molecule has 2 N–H and O–H groups in total. The first-order chi connectivity index (χ1) is 13.4. The van der Waals surface area contributed by atoms with Crippen LogP contribution in [-0.4, -0.2) is 75.2 Å². The second kappa shape index (κ2) is 10.6. The number of aryl methyl sites for hydroxylation is 1. The van der Waals surface area contributed by atoms with Gasteiger partial charge in [0.15, 0.2) is 5.96 Å². The van der Waals surface area contributed by atoms with Crippen molar-refractivity contribution < 1.29 is 8.42 Å². The fourth-order valence-corrected chi connectivity index (χ4v) is 4.74. The first-order valence-electron chi connectivity index (χ1n) is 10.0. The number of hydrogen-bond donors (Lipinski definition) is 2. The molecule has 28 heavy (non-hydrogen) atoms. The van der Waals surface area contributed by atoms with Crippen molar-refractivity contribution in [2.75, 3.05) is 50.4 Å². The molecule has 1 fully saturated rings. The molecule has 0 radical (unpaired) electrons. The van der Waals surface area contributed by atoms with Crippen LogP contribution in [0.5, 0.6) is 0 Å². The summed E-state index contributed by atoms with van der Waals surface area (Å²) in [6.07, 6.45) is 3.86. The highest BCUT2D eigenvalue weighted by Crippen LogP contribution is 2.18. The lowest BCUT2D eigenvalue weighted by Gasteiger charge is -2.33. The van der Waals surface area contributed by atoms with Crippen LogP contribution in [0.1, 0.15) is 32.3 Å². The number of nitrogens with zero attached hydrogens (tertiary/aromatic N) is 4. The fraction of sp³-hybridized carbons (Fsp3) is 0.684. The van der Waals surface area contributed by atoms with Gasteiger partial charge in [-0.2, -0.15) is 0 Å². The summed E-state index contributed by atoms with van der Waals surface area (Å²) < 4.78 is 26.0. The second-order valence-corrected chi connectivity index (χ2v) is 9.09. The molecular formula is C19H34N6O2S. The van der Waals surface area contributed by atoms with Gasteiger partial charge in [0.05, 0.1) is 5.75 Å². The third-order valence-electron chi connectivity index (χ3n) is 5.03. The van der Waals surface area contributed by atoms with E-state index in [1.54, 1.807) is 7.05 Å². The van der Waals surface area contributed by atoms with Gasteiger partial charge in [0.2, 0.25) is 10.0 Å². The van der Waals surface area contributed by atoms with E-state index in [1.165, 1.54) is 4.31 Å². The summed E-state index contributed by atoms with van der Waals surface area (Å²) in [5.74, 6) is 1.74. The summed E-state index contributed by atoms with van der Waals surface area (Å²) >= 11 is 0. The number of piperidine rings is 1. The molecule has 0 atom stereocenters. The van der Waals surface area contributed by atoms with Gasteiger partial charge in [-0.1, -0.05) is 19.9 Å². The SMILES string of the molecule is CCN(CC)S(=O)(=O)CCNC(=NC)NC1CCN(c2ccc(C)cn2)CC1. The van der Waals surface area contributed by atoms with Crippen molar-refractivity contribution in [1.29, 1.82) is 0 Å². The Hall–Kier alpha value is -1.87. The van der Waals surface area contributed by atoms with Gasteiger partial charge in [-0.15, -0.1) is 0 Å². The normalized spacial score (nSPS) is 16.5. The number of rotatable bonds is 8. The van der Waals surface area contributed by atoms with Crippen LogP contribution in [0.4, 0.5) is 5.82 Å². The first kappa shape index (κ1) is 22.4. The van der Waals surface area contributed by atoms with E-state index in [4.69, 9.17) is 0 Å². The minimum absolute atomic E-state index is 0.0624.